The summed E-state index contributed by atoms with van der Waals surface area (Å²) in [5.74, 6) is -4.28. The Morgan fingerprint density at radius 1 is 1.36 bits per heavy atom. The van der Waals surface area contributed by atoms with Gasteiger partial charge in [-0.05, 0) is 13.8 Å². The van der Waals surface area contributed by atoms with E-state index in [1.165, 1.54) is 13.8 Å². The topological polar surface area (TPSA) is 152 Å². The number of carboxylic acids is 1. The molecule has 144 valence electrons. The van der Waals surface area contributed by atoms with Gasteiger partial charge in [-0.1, -0.05) is 0 Å². The summed E-state index contributed by atoms with van der Waals surface area (Å²) in [6.45, 7) is 4.28. The highest BCUT2D eigenvalue weighted by molar-refractivity contribution is 5.79. The monoisotopic (exact) mass is 361 g/mol. The minimum Gasteiger partial charge on any atom is -0.477 e. The third kappa shape index (κ3) is 5.11. The summed E-state index contributed by atoms with van der Waals surface area (Å²) in [5.41, 5.74) is 0. The first kappa shape index (κ1) is 21.3. The third-order valence-electron chi connectivity index (χ3n) is 4.11. The predicted molar refractivity (Wildman–Crippen MR) is 88.0 cm³/mol. The van der Waals surface area contributed by atoms with Crippen LogP contribution in [0.15, 0.2) is 4.99 Å². The fourth-order valence-electron chi connectivity index (χ4n) is 2.59. The summed E-state index contributed by atoms with van der Waals surface area (Å²) < 4.78 is 5.32. The fraction of sp³-hybridized carbons (Fsp3) is 0.800. The van der Waals surface area contributed by atoms with E-state index in [4.69, 9.17) is 4.74 Å². The molecule has 6 atom stereocenters. The minimum atomic E-state index is -2.65. The molecular weight excluding hydrogens is 334 g/mol. The SMILES string of the molecule is CC(=O)N[C@@H]([C@@H]1O[C@](O)(C(=O)O)C[C@H](O)[C@H]1N=C(C)N(C)C)[C@@H](C)O. The van der Waals surface area contributed by atoms with Gasteiger partial charge >= 0.3 is 5.97 Å². The van der Waals surface area contributed by atoms with E-state index in [9.17, 15) is 30.0 Å². The molecule has 0 bridgehead atoms. The highest BCUT2D eigenvalue weighted by Gasteiger charge is 2.53. The second kappa shape index (κ2) is 8.09. The third-order valence-corrected chi connectivity index (χ3v) is 4.11. The molecule has 1 aliphatic heterocycles. The lowest BCUT2D eigenvalue weighted by Gasteiger charge is -2.44. The maximum atomic E-state index is 11.5. The first-order valence-electron chi connectivity index (χ1n) is 7.87. The van der Waals surface area contributed by atoms with Gasteiger partial charge < -0.3 is 35.4 Å². The van der Waals surface area contributed by atoms with Gasteiger partial charge in [0.2, 0.25) is 5.91 Å². The van der Waals surface area contributed by atoms with Crippen LogP contribution in [-0.4, -0.2) is 93.3 Å². The lowest BCUT2D eigenvalue weighted by Crippen LogP contribution is -2.65. The van der Waals surface area contributed by atoms with E-state index >= 15 is 0 Å². The number of amidine groups is 1. The van der Waals surface area contributed by atoms with E-state index < -0.39 is 54.5 Å². The number of aliphatic hydroxyl groups excluding tert-OH is 2. The van der Waals surface area contributed by atoms with Gasteiger partial charge in [0.15, 0.2) is 0 Å². The zero-order valence-electron chi connectivity index (χ0n) is 15.0. The quantitative estimate of drug-likeness (QED) is 0.282. The molecule has 10 heteroatoms. The van der Waals surface area contributed by atoms with Gasteiger partial charge in [0.1, 0.15) is 12.1 Å². The number of hydrogen-bond donors (Lipinski definition) is 5. The predicted octanol–water partition coefficient (Wildman–Crippen LogP) is -1.86. The number of carbonyl (C=O) groups is 2. The Bertz CT molecular complexity index is 537. The molecule has 1 rings (SSSR count). The molecule has 0 aliphatic carbocycles. The molecule has 1 heterocycles. The van der Waals surface area contributed by atoms with Crippen molar-refractivity contribution in [1.29, 1.82) is 0 Å². The lowest BCUT2D eigenvalue weighted by atomic mass is 9.88. The van der Waals surface area contributed by atoms with E-state index in [1.807, 2.05) is 0 Å². The van der Waals surface area contributed by atoms with Gasteiger partial charge in [0, 0.05) is 27.4 Å². The average molecular weight is 361 g/mol. The molecule has 1 amide bonds. The number of aliphatic hydroxyl groups is 3. The molecule has 0 aromatic carbocycles. The highest BCUT2D eigenvalue weighted by atomic mass is 16.7. The second-order valence-corrected chi connectivity index (χ2v) is 6.47. The van der Waals surface area contributed by atoms with Crippen molar-refractivity contribution in [3.63, 3.8) is 0 Å². The van der Waals surface area contributed by atoms with Crippen LogP contribution in [0, 0.1) is 0 Å². The molecule has 25 heavy (non-hydrogen) atoms. The zero-order chi connectivity index (χ0) is 19.5. The molecule has 10 nitrogen and oxygen atoms in total. The maximum Gasteiger partial charge on any atom is 0.364 e. The highest BCUT2D eigenvalue weighted by Crippen LogP contribution is 2.32. The summed E-state index contributed by atoms with van der Waals surface area (Å²) in [6, 6.07) is -2.07. The van der Waals surface area contributed by atoms with Crippen LogP contribution >= 0.6 is 0 Å². The fourth-order valence-corrected chi connectivity index (χ4v) is 2.59. The van der Waals surface area contributed by atoms with Gasteiger partial charge in [-0.3, -0.25) is 9.79 Å². The molecule has 1 aliphatic rings. The molecule has 5 N–H and O–H groups in total. The number of ether oxygens (including phenoxy) is 1. The van der Waals surface area contributed by atoms with Crippen molar-refractivity contribution in [1.82, 2.24) is 10.2 Å². The summed E-state index contributed by atoms with van der Waals surface area (Å²) in [4.78, 5) is 28.8. The summed E-state index contributed by atoms with van der Waals surface area (Å²) in [6.07, 6.45) is -4.36. The van der Waals surface area contributed by atoms with Crippen molar-refractivity contribution in [2.75, 3.05) is 14.1 Å². The van der Waals surface area contributed by atoms with Gasteiger partial charge in [-0.15, -0.1) is 0 Å². The van der Waals surface area contributed by atoms with Crippen LogP contribution in [0.3, 0.4) is 0 Å². The molecule has 1 fully saturated rings. The number of aliphatic imine (C=N–C) groups is 1. The Morgan fingerprint density at radius 3 is 2.32 bits per heavy atom. The number of aliphatic carboxylic acids is 1. The molecule has 0 spiro atoms. The van der Waals surface area contributed by atoms with Gasteiger partial charge in [0.25, 0.3) is 5.79 Å². The van der Waals surface area contributed by atoms with Crippen LogP contribution in [0.25, 0.3) is 0 Å². The summed E-state index contributed by atoms with van der Waals surface area (Å²) in [5, 5.41) is 42.3. The first-order chi connectivity index (χ1) is 11.4. The van der Waals surface area contributed by atoms with Crippen LogP contribution in [0.1, 0.15) is 27.2 Å². The van der Waals surface area contributed by atoms with Crippen molar-refractivity contribution in [3.8, 4) is 0 Å². The summed E-state index contributed by atoms with van der Waals surface area (Å²) in [7, 11) is 3.47. The number of rotatable bonds is 5. The normalized spacial score (nSPS) is 32.6. The lowest BCUT2D eigenvalue weighted by molar-refractivity contribution is -0.280. The number of carbonyl (C=O) groups excluding carboxylic acids is 1. The smallest absolute Gasteiger partial charge is 0.364 e. The molecule has 0 aromatic rings. The van der Waals surface area contributed by atoms with Crippen molar-refractivity contribution in [3.05, 3.63) is 0 Å². The van der Waals surface area contributed by atoms with E-state index in [-0.39, 0.29) is 0 Å². The number of amides is 1. The molecule has 1 saturated heterocycles. The number of nitrogens with zero attached hydrogens (tertiary/aromatic N) is 2. The van der Waals surface area contributed by atoms with Crippen LogP contribution in [0.2, 0.25) is 0 Å². The Balaban J connectivity index is 3.33. The molecule has 0 aromatic heterocycles. The Morgan fingerprint density at radius 2 is 1.92 bits per heavy atom. The van der Waals surface area contributed by atoms with E-state index in [1.54, 1.807) is 25.9 Å². The van der Waals surface area contributed by atoms with Crippen molar-refractivity contribution >= 4 is 17.7 Å². The molecular formula is C15H27N3O7. The number of nitrogens with one attached hydrogen (secondary N) is 1. The average Bonchev–Trinajstić information content (AvgIpc) is 2.46. The van der Waals surface area contributed by atoms with Gasteiger partial charge in [-0.25, -0.2) is 4.79 Å². The molecule has 0 saturated carbocycles. The molecule has 0 unspecified atom stereocenters. The Kier molecular flexibility index (Phi) is 6.89. The number of carboxylic acid groups (broad SMARTS) is 1. The van der Waals surface area contributed by atoms with Crippen molar-refractivity contribution in [2.45, 2.75) is 63.4 Å². The van der Waals surface area contributed by atoms with E-state index in [0.717, 1.165) is 0 Å². The van der Waals surface area contributed by atoms with Crippen LogP contribution in [-0.2, 0) is 14.3 Å². The first-order valence-corrected chi connectivity index (χ1v) is 7.87. The van der Waals surface area contributed by atoms with Crippen molar-refractivity contribution in [2.24, 2.45) is 4.99 Å². The largest absolute Gasteiger partial charge is 0.477 e. The minimum absolute atomic E-state index is 0.486. The molecule has 0 radical (unpaired) electrons. The van der Waals surface area contributed by atoms with Gasteiger partial charge in [0.05, 0.1) is 24.1 Å². The van der Waals surface area contributed by atoms with Crippen LogP contribution in [0.4, 0.5) is 0 Å². The van der Waals surface area contributed by atoms with Crippen LogP contribution in [0.5, 0.6) is 0 Å². The standard InChI is InChI=1S/C15H27N3O7/c1-7(19)11(17-9(3)20)13-12(16-8(2)18(4)5)10(21)6-15(24,25-13)14(22)23/h7,10-13,19,21,24H,6H2,1-5H3,(H,17,20)(H,22,23)/t7-,10+,11-,12-,13+,15+/m1/s1. The van der Waals surface area contributed by atoms with Gasteiger partial charge in [-0.2, -0.15) is 0 Å². The Labute approximate surface area is 146 Å². The number of hydrogen-bond acceptors (Lipinski definition) is 7. The Hall–Kier alpha value is -1.75. The van der Waals surface area contributed by atoms with E-state index in [2.05, 4.69) is 10.3 Å². The maximum absolute atomic E-state index is 11.5. The van der Waals surface area contributed by atoms with E-state index in [0.29, 0.717) is 5.84 Å². The second-order valence-electron chi connectivity index (χ2n) is 6.47. The summed E-state index contributed by atoms with van der Waals surface area (Å²) >= 11 is 0. The van der Waals surface area contributed by atoms with Crippen LogP contribution < -0.4 is 5.32 Å². The zero-order valence-corrected chi connectivity index (χ0v) is 15.0. The van der Waals surface area contributed by atoms with Crippen molar-refractivity contribution < 1.29 is 34.8 Å².